The number of hydrogen-bond donors (Lipinski definition) is 4. The highest BCUT2D eigenvalue weighted by molar-refractivity contribution is 5.75. The molecule has 1 saturated heterocycles. The molecule has 1 aliphatic heterocycles. The minimum atomic E-state index is -0.741. The lowest BCUT2D eigenvalue weighted by Crippen LogP contribution is -2.37. The number of nitrogen functional groups attached to an aromatic ring is 2. The number of aliphatic carboxylic acids is 1. The maximum atomic E-state index is 10.9. The summed E-state index contributed by atoms with van der Waals surface area (Å²) in [6.45, 7) is 1.23. The van der Waals surface area contributed by atoms with Gasteiger partial charge in [-0.05, 0) is 12.8 Å². The molecule has 98 valence electrons. The topological polar surface area (TPSA) is 130 Å². The third kappa shape index (κ3) is 2.28. The van der Waals surface area contributed by atoms with E-state index in [1.807, 2.05) is 4.90 Å². The zero-order valence-corrected chi connectivity index (χ0v) is 9.83. The molecule has 18 heavy (non-hydrogen) atoms. The average Bonchev–Trinajstić information content (AvgIpc) is 2.39. The van der Waals surface area contributed by atoms with Gasteiger partial charge in [0, 0.05) is 13.1 Å². The van der Waals surface area contributed by atoms with Crippen LogP contribution in [0.3, 0.4) is 0 Å². The molecule has 0 radical (unpaired) electrons. The number of carboxylic acid groups (broad SMARTS) is 1. The van der Waals surface area contributed by atoms with Crippen LogP contribution in [0.5, 0.6) is 0 Å². The normalized spacial score (nSPS) is 16.6. The van der Waals surface area contributed by atoms with Crippen LogP contribution in [0.4, 0.5) is 17.3 Å². The molecule has 0 spiro atoms. The van der Waals surface area contributed by atoms with Crippen molar-refractivity contribution in [2.24, 2.45) is 11.8 Å². The number of hydrogen-bond acceptors (Lipinski definition) is 7. The minimum absolute atomic E-state index is 0.281. The first kappa shape index (κ1) is 12.4. The molecule has 8 nitrogen and oxygen atoms in total. The van der Waals surface area contributed by atoms with E-state index in [0.29, 0.717) is 43.3 Å². The Labute approximate surface area is 104 Å². The van der Waals surface area contributed by atoms with Crippen LogP contribution in [-0.2, 0) is 4.79 Å². The fourth-order valence-electron chi connectivity index (χ4n) is 2.09. The number of carboxylic acids is 1. The molecule has 0 unspecified atom stereocenters. The second kappa shape index (κ2) is 5.05. The van der Waals surface area contributed by atoms with Gasteiger partial charge in [-0.1, -0.05) is 0 Å². The molecule has 1 aliphatic rings. The molecule has 6 N–H and O–H groups in total. The lowest BCUT2D eigenvalue weighted by atomic mass is 9.97. The predicted octanol–water partition coefficient (Wildman–Crippen LogP) is -0.355. The van der Waals surface area contributed by atoms with Crippen molar-refractivity contribution in [3.63, 3.8) is 0 Å². The van der Waals surface area contributed by atoms with Crippen LogP contribution < -0.4 is 21.9 Å². The van der Waals surface area contributed by atoms with Gasteiger partial charge < -0.3 is 21.2 Å². The Morgan fingerprint density at radius 1 is 1.44 bits per heavy atom. The zero-order chi connectivity index (χ0) is 13.1. The third-order valence-corrected chi connectivity index (χ3v) is 3.14. The molecular weight excluding hydrogens is 236 g/mol. The number of carbonyl (C=O) groups is 1. The van der Waals surface area contributed by atoms with Gasteiger partial charge in [0.05, 0.1) is 5.92 Å². The summed E-state index contributed by atoms with van der Waals surface area (Å²) >= 11 is 0. The van der Waals surface area contributed by atoms with Crippen molar-refractivity contribution in [3.05, 3.63) is 6.33 Å². The summed E-state index contributed by atoms with van der Waals surface area (Å²) in [5.74, 6) is 5.25. The summed E-state index contributed by atoms with van der Waals surface area (Å²) < 4.78 is 0. The maximum absolute atomic E-state index is 10.9. The van der Waals surface area contributed by atoms with Crippen molar-refractivity contribution in [2.75, 3.05) is 29.1 Å². The summed E-state index contributed by atoms with van der Waals surface area (Å²) in [5, 5.41) is 8.94. The molecule has 1 fully saturated rings. The molecule has 0 aliphatic carbocycles. The van der Waals surface area contributed by atoms with E-state index >= 15 is 0 Å². The molecule has 8 heteroatoms. The molecule has 1 aromatic rings. The second-order valence-corrected chi connectivity index (χ2v) is 4.20. The summed E-state index contributed by atoms with van der Waals surface area (Å²) in [4.78, 5) is 20.9. The number of aromatic nitrogens is 2. The largest absolute Gasteiger partial charge is 0.481 e. The summed E-state index contributed by atoms with van der Waals surface area (Å²) in [6.07, 6.45) is 2.55. The van der Waals surface area contributed by atoms with Crippen molar-refractivity contribution in [1.29, 1.82) is 0 Å². The third-order valence-electron chi connectivity index (χ3n) is 3.14. The van der Waals surface area contributed by atoms with Crippen LogP contribution in [-0.4, -0.2) is 34.1 Å². The van der Waals surface area contributed by atoms with Crippen molar-refractivity contribution in [3.8, 4) is 0 Å². The molecule has 0 saturated carbocycles. The van der Waals surface area contributed by atoms with Crippen LogP contribution in [0.1, 0.15) is 12.8 Å². The lowest BCUT2D eigenvalue weighted by molar-refractivity contribution is -0.142. The standard InChI is InChI=1S/C10H16N6O2/c11-7-8(15-12)13-5-14-9(7)16-3-1-6(2-4-16)10(17)18/h5-6H,1-4,11-12H2,(H,17,18)(H,13,14,15). The Morgan fingerprint density at radius 2 is 2.11 bits per heavy atom. The second-order valence-electron chi connectivity index (χ2n) is 4.20. The molecule has 1 aromatic heterocycles. The minimum Gasteiger partial charge on any atom is -0.481 e. The molecule has 0 amide bonds. The van der Waals surface area contributed by atoms with Crippen molar-refractivity contribution in [2.45, 2.75) is 12.8 Å². The average molecular weight is 252 g/mol. The van der Waals surface area contributed by atoms with E-state index in [1.54, 1.807) is 0 Å². The smallest absolute Gasteiger partial charge is 0.306 e. The number of nitrogens with two attached hydrogens (primary N) is 2. The quantitative estimate of drug-likeness (QED) is 0.424. The van der Waals surface area contributed by atoms with Crippen LogP contribution in [0.25, 0.3) is 0 Å². The molecule has 0 atom stereocenters. The van der Waals surface area contributed by atoms with Crippen LogP contribution in [0, 0.1) is 5.92 Å². The Morgan fingerprint density at radius 3 is 2.67 bits per heavy atom. The van der Waals surface area contributed by atoms with Crippen molar-refractivity contribution < 1.29 is 9.90 Å². The Balaban J connectivity index is 2.12. The Hall–Kier alpha value is -2.09. The molecule has 0 aromatic carbocycles. The van der Waals surface area contributed by atoms with Gasteiger partial charge in [0.15, 0.2) is 11.6 Å². The summed E-state index contributed by atoms with van der Waals surface area (Å²) in [5.41, 5.74) is 8.68. The van der Waals surface area contributed by atoms with Gasteiger partial charge in [0.1, 0.15) is 12.0 Å². The Kier molecular flexibility index (Phi) is 3.47. The number of rotatable bonds is 3. The van der Waals surface area contributed by atoms with E-state index in [2.05, 4.69) is 15.4 Å². The highest BCUT2D eigenvalue weighted by Gasteiger charge is 2.26. The highest BCUT2D eigenvalue weighted by atomic mass is 16.4. The van der Waals surface area contributed by atoms with Crippen LogP contribution in [0.2, 0.25) is 0 Å². The lowest BCUT2D eigenvalue weighted by Gasteiger charge is -2.31. The molecule has 2 rings (SSSR count). The van der Waals surface area contributed by atoms with E-state index in [4.69, 9.17) is 16.7 Å². The van der Waals surface area contributed by atoms with E-state index in [-0.39, 0.29) is 5.92 Å². The summed E-state index contributed by atoms with van der Waals surface area (Å²) in [7, 11) is 0. The van der Waals surface area contributed by atoms with Gasteiger partial charge >= 0.3 is 5.97 Å². The van der Waals surface area contributed by atoms with E-state index < -0.39 is 5.97 Å². The van der Waals surface area contributed by atoms with Gasteiger partial charge in [0.25, 0.3) is 0 Å². The first-order valence-corrected chi connectivity index (χ1v) is 5.68. The fraction of sp³-hybridized carbons (Fsp3) is 0.500. The first-order valence-electron chi connectivity index (χ1n) is 5.68. The number of nitrogens with one attached hydrogen (secondary N) is 1. The van der Waals surface area contributed by atoms with Gasteiger partial charge in [-0.2, -0.15) is 0 Å². The SMILES string of the molecule is NNc1ncnc(N2CCC(C(=O)O)CC2)c1N. The zero-order valence-electron chi connectivity index (χ0n) is 9.83. The maximum Gasteiger partial charge on any atom is 0.306 e. The van der Waals surface area contributed by atoms with Gasteiger partial charge in [-0.25, -0.2) is 15.8 Å². The first-order chi connectivity index (χ1) is 8.63. The number of nitrogens with zero attached hydrogens (tertiary/aromatic N) is 3. The van der Waals surface area contributed by atoms with Gasteiger partial charge in [-0.15, -0.1) is 0 Å². The number of hydrazine groups is 1. The fourth-order valence-corrected chi connectivity index (χ4v) is 2.09. The Bertz CT molecular complexity index is 444. The van der Waals surface area contributed by atoms with Crippen molar-refractivity contribution in [1.82, 2.24) is 9.97 Å². The highest BCUT2D eigenvalue weighted by Crippen LogP contribution is 2.29. The van der Waals surface area contributed by atoms with Crippen molar-refractivity contribution >= 4 is 23.3 Å². The van der Waals surface area contributed by atoms with Gasteiger partial charge in [-0.3, -0.25) is 4.79 Å². The van der Waals surface area contributed by atoms with Crippen LogP contribution >= 0.6 is 0 Å². The number of piperidine rings is 1. The molecule has 2 heterocycles. The molecule has 0 bridgehead atoms. The monoisotopic (exact) mass is 252 g/mol. The van der Waals surface area contributed by atoms with E-state index in [0.717, 1.165) is 0 Å². The van der Waals surface area contributed by atoms with Crippen LogP contribution in [0.15, 0.2) is 6.33 Å². The number of anilines is 3. The van der Waals surface area contributed by atoms with Gasteiger partial charge in [0.2, 0.25) is 0 Å². The molecular formula is C10H16N6O2. The predicted molar refractivity (Wildman–Crippen MR) is 66.8 cm³/mol. The van der Waals surface area contributed by atoms with E-state index in [9.17, 15) is 4.79 Å². The van der Waals surface area contributed by atoms with E-state index in [1.165, 1.54) is 6.33 Å². The summed E-state index contributed by atoms with van der Waals surface area (Å²) in [6, 6.07) is 0.